The first-order chi connectivity index (χ1) is 5.52. The highest BCUT2D eigenvalue weighted by atomic mass is 32.3. The van der Waals surface area contributed by atoms with Crippen molar-refractivity contribution in [2.24, 2.45) is 0 Å². The molecule has 0 aromatic rings. The van der Waals surface area contributed by atoms with Crippen molar-refractivity contribution < 1.29 is 16.4 Å². The van der Waals surface area contributed by atoms with Crippen LogP contribution in [-0.2, 0) is 4.74 Å². The van der Waals surface area contributed by atoms with Crippen molar-refractivity contribution in [2.75, 3.05) is 26.8 Å². The maximum atomic E-state index is 12.2. The van der Waals surface area contributed by atoms with Crippen LogP contribution in [0.15, 0.2) is 0 Å². The zero-order valence-electron chi connectivity index (χ0n) is 7.23. The summed E-state index contributed by atoms with van der Waals surface area (Å²) < 4.78 is 41.7. The zero-order chi connectivity index (χ0) is 9.61. The summed E-state index contributed by atoms with van der Waals surface area (Å²) in [6.45, 7) is 1.88. The lowest BCUT2D eigenvalue weighted by molar-refractivity contribution is 0.176. The first kappa shape index (κ1) is 12.1. The third-order valence-electron chi connectivity index (χ3n) is 1.31. The van der Waals surface area contributed by atoms with E-state index in [2.05, 4.69) is 4.74 Å². The number of ether oxygens (including phenoxy) is 1. The van der Waals surface area contributed by atoms with Crippen LogP contribution in [0, 0.1) is 0 Å². The molecule has 0 N–H and O–H groups in total. The molecular weight excluding hydrogens is 191 g/mol. The molecule has 0 spiro atoms. The lowest BCUT2D eigenvalue weighted by Gasteiger charge is -2.25. The van der Waals surface area contributed by atoms with Gasteiger partial charge in [0.1, 0.15) is 0 Å². The average molecular weight is 205 g/mol. The van der Waals surface area contributed by atoms with Gasteiger partial charge in [-0.15, -0.1) is 11.7 Å². The summed E-state index contributed by atoms with van der Waals surface area (Å²) in [7, 11) is 1.40. The third-order valence-corrected chi connectivity index (χ3v) is 2.26. The van der Waals surface area contributed by atoms with Crippen molar-refractivity contribution in [1.29, 1.82) is 0 Å². The van der Waals surface area contributed by atoms with Gasteiger partial charge in [0.2, 0.25) is 0 Å². The molecule has 0 saturated heterocycles. The van der Waals surface area contributed by atoms with Crippen LogP contribution in [0.2, 0.25) is 0 Å². The van der Waals surface area contributed by atoms with Crippen molar-refractivity contribution >= 4 is 11.4 Å². The largest absolute Gasteiger partial charge is 0.383 e. The fraction of sp³-hybridized carbons (Fsp3) is 1.00. The minimum Gasteiger partial charge on any atom is -0.383 e. The molecule has 0 bridgehead atoms. The summed E-state index contributed by atoms with van der Waals surface area (Å²) in [5, 5.41) is 0. The summed E-state index contributed by atoms with van der Waals surface area (Å²) >= 11 is -5.05. The molecule has 12 heavy (non-hydrogen) atoms. The first-order valence-corrected chi connectivity index (χ1v) is 4.97. The number of hydrogen-bond donors (Lipinski definition) is 0. The molecule has 6 heteroatoms. The van der Waals surface area contributed by atoms with Gasteiger partial charge >= 0.3 is 0 Å². The fourth-order valence-electron chi connectivity index (χ4n) is 0.761. The number of nitrogens with zero attached hydrogens (tertiary/aromatic N) is 1. The number of methoxy groups -OCH3 is 1. The van der Waals surface area contributed by atoms with Crippen molar-refractivity contribution in [1.82, 2.24) is 4.31 Å². The van der Waals surface area contributed by atoms with Crippen molar-refractivity contribution in [3.63, 3.8) is 0 Å². The molecule has 0 aromatic heterocycles. The topological polar surface area (TPSA) is 12.5 Å². The Morgan fingerprint density at radius 3 is 2.17 bits per heavy atom. The Morgan fingerprint density at radius 1 is 1.25 bits per heavy atom. The van der Waals surface area contributed by atoms with Crippen LogP contribution in [-0.4, -0.2) is 31.1 Å². The van der Waals surface area contributed by atoms with Gasteiger partial charge in [0.25, 0.3) is 11.4 Å². The Bertz CT molecular complexity index is 120. The molecule has 0 aromatic carbocycles. The van der Waals surface area contributed by atoms with E-state index in [1.54, 1.807) is 6.92 Å². The van der Waals surface area contributed by atoms with E-state index >= 15 is 0 Å². The first-order valence-electron chi connectivity index (χ1n) is 3.68. The monoisotopic (exact) mass is 205 g/mol. The van der Waals surface area contributed by atoms with Gasteiger partial charge in [0.05, 0.1) is 6.61 Å². The normalized spacial score (nSPS) is 13.8. The highest BCUT2D eigenvalue weighted by Crippen LogP contribution is 2.56. The molecule has 76 valence electrons. The van der Waals surface area contributed by atoms with E-state index in [4.69, 9.17) is 0 Å². The lowest BCUT2D eigenvalue weighted by atomic mass is 10.5. The Kier molecular flexibility index (Phi) is 5.69. The van der Waals surface area contributed by atoms with Crippen LogP contribution < -0.4 is 0 Å². The van der Waals surface area contributed by atoms with E-state index < -0.39 is 11.4 Å². The number of hydrogen-bond acceptors (Lipinski definition) is 2. The van der Waals surface area contributed by atoms with Crippen LogP contribution in [0.4, 0.5) is 11.7 Å². The molecule has 0 aliphatic carbocycles. The molecule has 0 heterocycles. The molecule has 0 aliphatic heterocycles. The molecule has 0 unspecified atom stereocenters. The van der Waals surface area contributed by atoms with Gasteiger partial charge in [-0.3, -0.25) is 0 Å². The van der Waals surface area contributed by atoms with Crippen molar-refractivity contribution in [2.45, 2.75) is 13.3 Å². The SMILES string of the molecule is CCCN(CCOC)S(F)(F)F. The summed E-state index contributed by atoms with van der Waals surface area (Å²) in [6.07, 6.45) is 0.510. The van der Waals surface area contributed by atoms with E-state index in [-0.39, 0.29) is 19.7 Å². The van der Waals surface area contributed by atoms with Gasteiger partial charge in [-0.25, -0.2) is 0 Å². The van der Waals surface area contributed by atoms with E-state index in [1.165, 1.54) is 7.11 Å². The predicted molar refractivity (Wildman–Crippen MR) is 44.7 cm³/mol. The maximum Gasteiger partial charge on any atom is 0.278 e. The van der Waals surface area contributed by atoms with Crippen LogP contribution >= 0.6 is 11.4 Å². The minimum absolute atomic E-state index is 0.0524. The molecule has 0 radical (unpaired) electrons. The molecule has 0 aliphatic rings. The molecule has 0 rings (SSSR count). The van der Waals surface area contributed by atoms with Crippen LogP contribution in [0.1, 0.15) is 13.3 Å². The average Bonchev–Trinajstić information content (AvgIpc) is 1.95. The lowest BCUT2D eigenvalue weighted by Crippen LogP contribution is -2.25. The van der Waals surface area contributed by atoms with E-state index in [0.717, 1.165) is 0 Å². The van der Waals surface area contributed by atoms with Crippen LogP contribution in [0.5, 0.6) is 0 Å². The summed E-state index contributed by atoms with van der Waals surface area (Å²) in [6, 6.07) is 0. The molecule has 2 nitrogen and oxygen atoms in total. The molecule has 0 amide bonds. The van der Waals surface area contributed by atoms with Gasteiger partial charge in [-0.1, -0.05) is 6.92 Å². The van der Waals surface area contributed by atoms with Gasteiger partial charge in [-0.05, 0) is 6.42 Å². The quantitative estimate of drug-likeness (QED) is 0.661. The standard InChI is InChI=1S/C6H14F3NOS/c1-3-4-10(5-6-11-2)12(7,8)9/h3-6H2,1-2H3. The Balaban J connectivity index is 3.86. The fourth-order valence-corrected chi connectivity index (χ4v) is 1.43. The zero-order valence-corrected chi connectivity index (χ0v) is 8.04. The molecule has 0 fully saturated rings. The van der Waals surface area contributed by atoms with Gasteiger partial charge < -0.3 is 4.74 Å². The van der Waals surface area contributed by atoms with Crippen LogP contribution in [0.25, 0.3) is 0 Å². The predicted octanol–water partition coefficient (Wildman–Crippen LogP) is 2.72. The van der Waals surface area contributed by atoms with Crippen molar-refractivity contribution in [3.05, 3.63) is 0 Å². The third kappa shape index (κ3) is 4.84. The second-order valence-electron chi connectivity index (χ2n) is 2.30. The van der Waals surface area contributed by atoms with Crippen molar-refractivity contribution in [3.8, 4) is 0 Å². The molecular formula is C6H14F3NOS. The number of rotatable bonds is 6. The highest BCUT2D eigenvalue weighted by Gasteiger charge is 2.29. The maximum absolute atomic E-state index is 12.2. The Hall–Kier alpha value is 0.0600. The van der Waals surface area contributed by atoms with Gasteiger partial charge in [0, 0.05) is 20.2 Å². The molecule has 0 saturated carbocycles. The van der Waals surface area contributed by atoms with E-state index in [0.29, 0.717) is 10.7 Å². The number of halogens is 3. The van der Waals surface area contributed by atoms with Gasteiger partial charge in [-0.2, -0.15) is 4.31 Å². The van der Waals surface area contributed by atoms with E-state index in [1.807, 2.05) is 0 Å². The Labute approximate surface area is 73.0 Å². The van der Waals surface area contributed by atoms with Gasteiger partial charge in [0.15, 0.2) is 0 Å². The second kappa shape index (κ2) is 5.66. The van der Waals surface area contributed by atoms with Crippen LogP contribution in [0.3, 0.4) is 0 Å². The highest BCUT2D eigenvalue weighted by molar-refractivity contribution is 8.18. The van der Waals surface area contributed by atoms with E-state index in [9.17, 15) is 11.7 Å². The summed E-state index contributed by atoms with van der Waals surface area (Å²) in [5.74, 6) is 0. The minimum atomic E-state index is -5.05. The molecule has 0 atom stereocenters. The second-order valence-corrected chi connectivity index (χ2v) is 3.58. The summed E-state index contributed by atoms with van der Waals surface area (Å²) in [4.78, 5) is 0. The Morgan fingerprint density at radius 2 is 1.83 bits per heavy atom. The smallest absolute Gasteiger partial charge is 0.278 e. The summed E-state index contributed by atoms with van der Waals surface area (Å²) in [5.41, 5.74) is 0.